The first-order valence-corrected chi connectivity index (χ1v) is 2.91. The number of hydrogen-bond acceptors (Lipinski definition) is 1. The van der Waals surface area contributed by atoms with E-state index in [1.165, 1.54) is 0 Å². The van der Waals surface area contributed by atoms with Crippen LogP contribution in [0.15, 0.2) is 0 Å². The number of carbonyl (C=O) groups is 1. The van der Waals surface area contributed by atoms with Crippen LogP contribution >= 0.6 is 0 Å². The summed E-state index contributed by atoms with van der Waals surface area (Å²) in [6.45, 7) is 3.64. The number of amides is 1. The molecule has 0 radical (unpaired) electrons. The zero-order valence-electron chi connectivity index (χ0n) is 7.40. The SMILES string of the molecule is C.FB(F)F.[CH2-]NC(=O)C(C)C.[K+]. The molecule has 0 heterocycles. The average molecular weight is 223 g/mol. The van der Waals surface area contributed by atoms with E-state index in [1.54, 1.807) is 0 Å². The largest absolute Gasteiger partial charge is 1.00 e. The van der Waals surface area contributed by atoms with E-state index < -0.39 is 7.54 Å². The van der Waals surface area contributed by atoms with Crippen LogP contribution in [0.1, 0.15) is 21.3 Å². The molecule has 7 heteroatoms. The van der Waals surface area contributed by atoms with Crippen molar-refractivity contribution >= 4 is 13.5 Å². The minimum absolute atomic E-state index is 0. The Morgan fingerprint density at radius 2 is 1.62 bits per heavy atom. The predicted octanol–water partition coefficient (Wildman–Crippen LogP) is -0.930. The van der Waals surface area contributed by atoms with Gasteiger partial charge in [0.05, 0.1) is 0 Å². The fourth-order valence-corrected chi connectivity index (χ4v) is 0.204. The van der Waals surface area contributed by atoms with Gasteiger partial charge in [-0.2, -0.15) is 0 Å². The topological polar surface area (TPSA) is 29.1 Å². The minimum Gasteiger partial charge on any atom is -0.508 e. The molecule has 74 valence electrons. The van der Waals surface area contributed by atoms with Gasteiger partial charge in [-0.15, -0.1) is 0 Å². The Balaban J connectivity index is -0.0000000600. The van der Waals surface area contributed by atoms with Gasteiger partial charge in [0.15, 0.2) is 5.91 Å². The Hall–Kier alpha value is 0.961. The Bertz CT molecular complexity index is 113. The monoisotopic (exact) mass is 223 g/mol. The van der Waals surface area contributed by atoms with Crippen molar-refractivity contribution in [1.82, 2.24) is 5.32 Å². The Kier molecular flexibility index (Phi) is 28.1. The molecule has 0 rings (SSSR count). The molecule has 0 aliphatic carbocycles. The van der Waals surface area contributed by atoms with Gasteiger partial charge < -0.3 is 5.32 Å². The molecule has 0 aliphatic rings. The molecule has 0 atom stereocenters. The number of halogens is 3. The fraction of sp³-hybridized carbons (Fsp3) is 0.667. The van der Waals surface area contributed by atoms with E-state index >= 15 is 0 Å². The van der Waals surface area contributed by atoms with E-state index in [4.69, 9.17) is 0 Å². The van der Waals surface area contributed by atoms with Crippen LogP contribution < -0.4 is 56.7 Å². The summed E-state index contributed by atoms with van der Waals surface area (Å²) in [5.74, 6) is 0.0394. The van der Waals surface area contributed by atoms with Crippen molar-refractivity contribution in [2.45, 2.75) is 21.3 Å². The van der Waals surface area contributed by atoms with Gasteiger partial charge >= 0.3 is 58.9 Å². The quantitative estimate of drug-likeness (QED) is 0.451. The zero-order valence-corrected chi connectivity index (χ0v) is 10.5. The molecule has 0 fully saturated rings. The van der Waals surface area contributed by atoms with Gasteiger partial charge in [0.2, 0.25) is 0 Å². The maximum atomic E-state index is 10.3. The van der Waals surface area contributed by atoms with Crippen LogP contribution in [0, 0.1) is 13.0 Å². The number of hydrogen-bond donors (Lipinski definition) is 1. The zero-order chi connectivity index (χ0) is 9.44. The number of rotatable bonds is 1. The molecular weight excluding hydrogens is 209 g/mol. The summed E-state index contributed by atoms with van der Waals surface area (Å²) < 4.78 is 29.0. The summed E-state index contributed by atoms with van der Waals surface area (Å²) in [6, 6.07) is 0. The van der Waals surface area contributed by atoms with Crippen molar-refractivity contribution in [3.63, 3.8) is 0 Å². The first kappa shape index (κ1) is 23.6. The second-order valence-electron chi connectivity index (χ2n) is 1.94. The standard InChI is InChI=1S/C5H10NO.CH4.BF3.K/c1-4(2)5(7)6-3;;2-1(3)4;/h4H,3H2,1-2H3,(H,6,7);1H4;;/q-1;;;+1. The third-order valence-electron chi connectivity index (χ3n) is 0.699. The summed E-state index contributed by atoms with van der Waals surface area (Å²) >= 11 is 0. The van der Waals surface area contributed by atoms with Gasteiger partial charge in [-0.25, -0.2) is 0 Å². The van der Waals surface area contributed by atoms with Gasteiger partial charge in [-0.05, 0) is 0 Å². The molecule has 1 N–H and O–H groups in total. The van der Waals surface area contributed by atoms with Crippen molar-refractivity contribution in [2.24, 2.45) is 5.92 Å². The normalized spacial score (nSPS) is 7.00. The molecule has 0 spiro atoms. The Morgan fingerprint density at radius 1 is 1.38 bits per heavy atom. The van der Waals surface area contributed by atoms with E-state index in [2.05, 4.69) is 12.4 Å². The molecule has 0 aliphatic heterocycles. The number of carbonyl (C=O) groups excluding carboxylic acids is 1. The van der Waals surface area contributed by atoms with E-state index in [-0.39, 0.29) is 70.6 Å². The molecule has 0 aromatic rings. The fourth-order valence-electron chi connectivity index (χ4n) is 0.204. The summed E-state index contributed by atoms with van der Waals surface area (Å²) in [6.07, 6.45) is 0. The summed E-state index contributed by atoms with van der Waals surface area (Å²) in [4.78, 5) is 10.3. The van der Waals surface area contributed by atoms with Gasteiger partial charge in [0, 0.05) is 5.92 Å². The molecule has 0 saturated carbocycles. The third-order valence-corrected chi connectivity index (χ3v) is 0.699. The van der Waals surface area contributed by atoms with Crippen LogP contribution in [-0.2, 0) is 4.79 Å². The second kappa shape index (κ2) is 15.4. The second-order valence-corrected chi connectivity index (χ2v) is 1.94. The summed E-state index contributed by atoms with van der Waals surface area (Å²) in [7, 11) is -0.459. The van der Waals surface area contributed by atoms with Crippen LogP contribution in [0.3, 0.4) is 0 Å². The predicted molar refractivity (Wildman–Crippen MR) is 44.1 cm³/mol. The molecule has 0 aromatic carbocycles. The molecule has 0 unspecified atom stereocenters. The van der Waals surface area contributed by atoms with Crippen LogP contribution in [0.4, 0.5) is 12.9 Å². The Morgan fingerprint density at radius 3 is 1.62 bits per heavy atom. The van der Waals surface area contributed by atoms with Crippen molar-refractivity contribution < 1.29 is 69.1 Å². The van der Waals surface area contributed by atoms with Crippen LogP contribution in [-0.4, -0.2) is 13.5 Å². The van der Waals surface area contributed by atoms with Gasteiger partial charge in [-0.1, -0.05) is 21.3 Å². The van der Waals surface area contributed by atoms with Crippen molar-refractivity contribution in [1.29, 1.82) is 0 Å². The minimum atomic E-state index is -3.67. The number of nitrogens with one attached hydrogen (secondary N) is 1. The summed E-state index contributed by atoms with van der Waals surface area (Å²) in [5, 5.41) is 2.28. The third kappa shape index (κ3) is 32.1. The van der Waals surface area contributed by atoms with Crippen molar-refractivity contribution in [3.05, 3.63) is 7.05 Å². The smallest absolute Gasteiger partial charge is 0.508 e. The molecular formula is C6H14BF3KNO. The molecule has 1 amide bonds. The van der Waals surface area contributed by atoms with E-state index in [0.717, 1.165) is 0 Å². The molecule has 13 heavy (non-hydrogen) atoms. The van der Waals surface area contributed by atoms with Crippen molar-refractivity contribution in [3.8, 4) is 0 Å². The average Bonchev–Trinajstić information content (AvgIpc) is 1.85. The van der Waals surface area contributed by atoms with Crippen molar-refractivity contribution in [2.75, 3.05) is 0 Å². The first-order valence-electron chi connectivity index (χ1n) is 2.91. The maximum Gasteiger partial charge on any atom is 1.00 e. The van der Waals surface area contributed by atoms with E-state index in [1.807, 2.05) is 13.8 Å². The molecule has 2 nitrogen and oxygen atoms in total. The van der Waals surface area contributed by atoms with Crippen LogP contribution in [0.25, 0.3) is 0 Å². The van der Waals surface area contributed by atoms with Gasteiger partial charge in [0.25, 0.3) is 0 Å². The van der Waals surface area contributed by atoms with Gasteiger partial charge in [-0.3, -0.25) is 24.8 Å². The van der Waals surface area contributed by atoms with Crippen LogP contribution in [0.2, 0.25) is 0 Å². The first-order chi connectivity index (χ1) is 4.91. The maximum absolute atomic E-state index is 10.3. The van der Waals surface area contributed by atoms with E-state index in [0.29, 0.717) is 0 Å². The van der Waals surface area contributed by atoms with Crippen LogP contribution in [0.5, 0.6) is 0 Å². The Labute approximate surface area is 121 Å². The molecule has 0 saturated heterocycles. The molecule has 0 bridgehead atoms. The van der Waals surface area contributed by atoms with E-state index in [9.17, 15) is 17.7 Å². The van der Waals surface area contributed by atoms with Gasteiger partial charge in [0.1, 0.15) is 0 Å². The summed E-state index contributed by atoms with van der Waals surface area (Å²) in [5.41, 5.74) is 0. The molecule has 0 aromatic heterocycles.